The first-order valence-electron chi connectivity index (χ1n) is 8.21. The van der Waals surface area contributed by atoms with Gasteiger partial charge in [0, 0.05) is 24.7 Å². The fraction of sp³-hybridized carbons (Fsp3) is 0.222. The minimum atomic E-state index is -0.0752. The molecule has 26 heavy (non-hydrogen) atoms. The lowest BCUT2D eigenvalue weighted by atomic mass is 10.1. The van der Waals surface area contributed by atoms with E-state index in [9.17, 15) is 0 Å². The summed E-state index contributed by atoms with van der Waals surface area (Å²) < 4.78 is 3.56. The van der Waals surface area contributed by atoms with Crippen molar-refractivity contribution in [1.29, 1.82) is 0 Å². The molecule has 0 radical (unpaired) electrons. The second-order valence-electron chi connectivity index (χ2n) is 6.93. The Kier molecular flexibility index (Phi) is 3.88. The van der Waals surface area contributed by atoms with E-state index in [1.165, 1.54) is 0 Å². The Bertz CT molecular complexity index is 1070. The van der Waals surface area contributed by atoms with Gasteiger partial charge in [0.2, 0.25) is 0 Å². The molecule has 0 aliphatic rings. The highest BCUT2D eigenvalue weighted by Gasteiger charge is 2.15. The van der Waals surface area contributed by atoms with Gasteiger partial charge in [0.1, 0.15) is 11.5 Å². The Labute approximate surface area is 155 Å². The fourth-order valence-corrected chi connectivity index (χ4v) is 2.79. The Morgan fingerprint density at radius 1 is 1.04 bits per heavy atom. The first-order chi connectivity index (χ1) is 12.4. The van der Waals surface area contributed by atoms with Crippen molar-refractivity contribution in [1.82, 2.24) is 29.4 Å². The first kappa shape index (κ1) is 16.5. The third kappa shape index (κ3) is 3.13. The van der Waals surface area contributed by atoms with Crippen molar-refractivity contribution in [2.45, 2.75) is 26.3 Å². The Morgan fingerprint density at radius 3 is 2.65 bits per heavy atom. The van der Waals surface area contributed by atoms with Crippen molar-refractivity contribution in [3.8, 4) is 11.4 Å². The van der Waals surface area contributed by atoms with Crippen molar-refractivity contribution in [2.75, 3.05) is 5.32 Å². The molecular weight excluding hydrogens is 350 g/mol. The second kappa shape index (κ2) is 6.10. The van der Waals surface area contributed by atoms with Crippen LogP contribution in [0.4, 0.5) is 11.5 Å². The molecule has 4 aromatic heterocycles. The molecule has 0 saturated heterocycles. The second-order valence-corrected chi connectivity index (χ2v) is 7.31. The summed E-state index contributed by atoms with van der Waals surface area (Å²) in [6, 6.07) is 9.45. The van der Waals surface area contributed by atoms with E-state index in [4.69, 9.17) is 11.6 Å². The van der Waals surface area contributed by atoms with Crippen LogP contribution in [0.1, 0.15) is 20.8 Å². The minimum absolute atomic E-state index is 0.0752. The van der Waals surface area contributed by atoms with Crippen molar-refractivity contribution in [3.63, 3.8) is 0 Å². The van der Waals surface area contributed by atoms with E-state index in [1.54, 1.807) is 23.0 Å². The van der Waals surface area contributed by atoms with Crippen LogP contribution < -0.4 is 5.32 Å². The van der Waals surface area contributed by atoms with Gasteiger partial charge in [-0.2, -0.15) is 10.2 Å². The maximum Gasteiger partial charge on any atom is 0.177 e. The van der Waals surface area contributed by atoms with Gasteiger partial charge in [-0.05, 0) is 39.0 Å². The summed E-state index contributed by atoms with van der Waals surface area (Å²) in [4.78, 5) is 8.97. The van der Waals surface area contributed by atoms with Crippen LogP contribution in [0, 0.1) is 0 Å². The number of hydrogen-bond acceptors (Lipinski definition) is 5. The summed E-state index contributed by atoms with van der Waals surface area (Å²) in [6.45, 7) is 6.33. The lowest BCUT2D eigenvalue weighted by Crippen LogP contribution is -2.22. The summed E-state index contributed by atoms with van der Waals surface area (Å²) >= 11 is 6.09. The van der Waals surface area contributed by atoms with Crippen LogP contribution >= 0.6 is 11.6 Å². The van der Waals surface area contributed by atoms with Crippen LogP contribution in [0.15, 0.2) is 48.9 Å². The normalized spacial score (nSPS) is 11.8. The van der Waals surface area contributed by atoms with E-state index in [0.29, 0.717) is 16.6 Å². The first-order valence-corrected chi connectivity index (χ1v) is 8.58. The largest absolute Gasteiger partial charge is 0.337 e. The molecule has 0 atom stereocenters. The van der Waals surface area contributed by atoms with Crippen molar-refractivity contribution in [2.24, 2.45) is 0 Å². The molecule has 0 spiro atoms. The molecule has 8 heteroatoms. The van der Waals surface area contributed by atoms with Crippen LogP contribution in [-0.4, -0.2) is 29.4 Å². The van der Waals surface area contributed by atoms with E-state index in [-0.39, 0.29) is 5.54 Å². The van der Waals surface area contributed by atoms with Gasteiger partial charge < -0.3 is 5.32 Å². The fourth-order valence-electron chi connectivity index (χ4n) is 2.60. The molecule has 4 rings (SSSR count). The van der Waals surface area contributed by atoms with Gasteiger partial charge in [0.15, 0.2) is 10.8 Å². The number of hydrogen-bond donors (Lipinski definition) is 1. The monoisotopic (exact) mass is 367 g/mol. The lowest BCUT2D eigenvalue weighted by molar-refractivity contribution is 0.356. The van der Waals surface area contributed by atoms with E-state index in [0.717, 1.165) is 17.1 Å². The van der Waals surface area contributed by atoms with Crippen LogP contribution in [-0.2, 0) is 5.54 Å². The van der Waals surface area contributed by atoms with Crippen molar-refractivity contribution < 1.29 is 0 Å². The number of imidazole rings is 1. The molecule has 0 bridgehead atoms. The molecule has 7 nitrogen and oxygen atoms in total. The van der Waals surface area contributed by atoms with Gasteiger partial charge in [-0.15, -0.1) is 0 Å². The Morgan fingerprint density at radius 2 is 1.88 bits per heavy atom. The predicted octanol–water partition coefficient (Wildman–Crippen LogP) is 4.14. The summed E-state index contributed by atoms with van der Waals surface area (Å²) in [6.07, 6.45) is 5.38. The maximum absolute atomic E-state index is 6.09. The van der Waals surface area contributed by atoms with E-state index in [2.05, 4.69) is 46.3 Å². The predicted molar refractivity (Wildman–Crippen MR) is 102 cm³/mol. The Balaban J connectivity index is 1.68. The van der Waals surface area contributed by atoms with Gasteiger partial charge >= 0.3 is 0 Å². The van der Waals surface area contributed by atoms with Crippen LogP contribution in [0.25, 0.3) is 17.0 Å². The molecule has 0 aliphatic carbocycles. The highest BCUT2D eigenvalue weighted by atomic mass is 35.5. The van der Waals surface area contributed by atoms with Gasteiger partial charge in [0.25, 0.3) is 0 Å². The van der Waals surface area contributed by atoms with Crippen LogP contribution in [0.3, 0.4) is 0 Å². The number of pyridine rings is 1. The quantitative estimate of drug-likeness (QED) is 0.589. The number of fused-ring (bicyclic) bond motifs is 1. The number of halogens is 1. The molecular formula is C18H18ClN7. The summed E-state index contributed by atoms with van der Waals surface area (Å²) in [5, 5.41) is 12.5. The highest BCUT2D eigenvalue weighted by Crippen LogP contribution is 2.24. The summed E-state index contributed by atoms with van der Waals surface area (Å²) in [5.74, 6) is 0.681. The van der Waals surface area contributed by atoms with Gasteiger partial charge in [-0.3, -0.25) is 4.68 Å². The number of anilines is 2. The van der Waals surface area contributed by atoms with Crippen molar-refractivity contribution >= 4 is 28.8 Å². The topological polar surface area (TPSA) is 72.9 Å². The molecule has 1 N–H and O–H groups in total. The van der Waals surface area contributed by atoms with Gasteiger partial charge in [-0.25, -0.2) is 14.5 Å². The minimum Gasteiger partial charge on any atom is -0.337 e. The van der Waals surface area contributed by atoms with E-state index in [1.807, 2.05) is 35.1 Å². The highest BCUT2D eigenvalue weighted by molar-refractivity contribution is 6.29. The zero-order valence-corrected chi connectivity index (χ0v) is 15.4. The summed E-state index contributed by atoms with van der Waals surface area (Å²) in [5.41, 5.74) is 2.95. The zero-order chi connectivity index (χ0) is 18.3. The molecule has 0 amide bonds. The Hall–Kier alpha value is -2.93. The third-order valence-corrected chi connectivity index (χ3v) is 4.06. The number of rotatable bonds is 3. The van der Waals surface area contributed by atoms with Crippen LogP contribution in [0.2, 0.25) is 5.15 Å². The molecule has 0 aromatic carbocycles. The van der Waals surface area contributed by atoms with Crippen LogP contribution in [0.5, 0.6) is 0 Å². The molecule has 4 heterocycles. The van der Waals surface area contributed by atoms with E-state index >= 15 is 0 Å². The number of nitrogens with zero attached hydrogens (tertiary/aromatic N) is 6. The molecule has 4 aromatic rings. The SMILES string of the molecule is CC(C)(C)n1ccc(-c2cccc(Nc3cc(Cl)nn4ccnc34)n2)n1. The van der Waals surface area contributed by atoms with Crippen molar-refractivity contribution in [3.05, 3.63) is 54.1 Å². The molecule has 0 saturated carbocycles. The average molecular weight is 368 g/mol. The third-order valence-electron chi connectivity index (χ3n) is 3.88. The standard InChI is InChI=1S/C18H18ClN7/c1-18(2,3)26-9-7-13(23-26)12-5-4-6-16(21-12)22-14-11-15(19)24-25-10-8-20-17(14)25/h4-11H,1-3H3,(H,21,22). The molecule has 0 unspecified atom stereocenters. The molecule has 0 fully saturated rings. The average Bonchev–Trinajstić information content (AvgIpc) is 3.24. The smallest absolute Gasteiger partial charge is 0.177 e. The molecule has 0 aliphatic heterocycles. The zero-order valence-electron chi connectivity index (χ0n) is 14.7. The number of nitrogens with one attached hydrogen (secondary N) is 1. The number of aromatic nitrogens is 6. The maximum atomic E-state index is 6.09. The lowest BCUT2D eigenvalue weighted by Gasteiger charge is -2.18. The summed E-state index contributed by atoms with van der Waals surface area (Å²) in [7, 11) is 0. The van der Waals surface area contributed by atoms with Gasteiger partial charge in [-0.1, -0.05) is 17.7 Å². The van der Waals surface area contributed by atoms with E-state index < -0.39 is 0 Å². The van der Waals surface area contributed by atoms with Gasteiger partial charge in [0.05, 0.1) is 16.9 Å². The molecule has 132 valence electrons.